The van der Waals surface area contributed by atoms with Gasteiger partial charge in [0.15, 0.2) is 6.79 Å². The van der Waals surface area contributed by atoms with E-state index in [2.05, 4.69) is 5.32 Å². The maximum Gasteiger partial charge on any atom is 0.407 e. The Hall–Kier alpha value is -1.99. The molecule has 0 saturated heterocycles. The van der Waals surface area contributed by atoms with Crippen LogP contribution in [0.2, 0.25) is 5.02 Å². The van der Waals surface area contributed by atoms with Crippen LogP contribution < -0.4 is 10.1 Å². The van der Waals surface area contributed by atoms with Crippen molar-refractivity contribution in [3.8, 4) is 5.75 Å². The highest BCUT2D eigenvalue weighted by Gasteiger charge is 2.18. The fourth-order valence-electron chi connectivity index (χ4n) is 2.18. The zero-order chi connectivity index (χ0) is 18.4. The maximum atomic E-state index is 11.8. The van der Waals surface area contributed by atoms with Crippen molar-refractivity contribution in [2.24, 2.45) is 0 Å². The van der Waals surface area contributed by atoms with Gasteiger partial charge in [0.2, 0.25) is 0 Å². The van der Waals surface area contributed by atoms with E-state index in [1.807, 2.05) is 0 Å². The molecule has 0 aliphatic carbocycles. The number of nitrogens with one attached hydrogen (secondary N) is 1. The second-order valence-electron chi connectivity index (χ2n) is 6.50. The number of halogens is 1. The number of alkyl carbamates (subject to hydrolysis) is 1. The number of carbonyl (C=O) groups is 2. The zero-order valence-corrected chi connectivity index (χ0v) is 15.3. The third kappa shape index (κ3) is 6.43. The van der Waals surface area contributed by atoms with E-state index >= 15 is 0 Å². The summed E-state index contributed by atoms with van der Waals surface area (Å²) >= 11 is 6.06. The number of benzene rings is 1. The van der Waals surface area contributed by atoms with Crippen molar-refractivity contribution in [1.29, 1.82) is 0 Å². The van der Waals surface area contributed by atoms with Crippen LogP contribution in [0.15, 0.2) is 12.1 Å². The first-order valence-corrected chi connectivity index (χ1v) is 8.27. The minimum atomic E-state index is -0.583. The minimum absolute atomic E-state index is 0.0337. The van der Waals surface area contributed by atoms with Crippen molar-refractivity contribution in [3.63, 3.8) is 0 Å². The second kappa shape index (κ2) is 8.40. The van der Waals surface area contributed by atoms with E-state index in [9.17, 15) is 9.59 Å². The number of ether oxygens (including phenoxy) is 4. The predicted molar refractivity (Wildman–Crippen MR) is 90.4 cm³/mol. The molecule has 0 fully saturated rings. The molecule has 0 bridgehead atoms. The van der Waals surface area contributed by atoms with Crippen LogP contribution in [-0.2, 0) is 32.2 Å². The molecule has 138 valence electrons. The van der Waals surface area contributed by atoms with Gasteiger partial charge in [-0.05, 0) is 32.9 Å². The average molecular weight is 372 g/mol. The SMILES string of the molecule is CC(C)(C)OC(=O)NCCC(=O)OCc1cc(Cl)cc2c1OCOC2. The molecule has 0 spiro atoms. The van der Waals surface area contributed by atoms with Gasteiger partial charge >= 0.3 is 12.1 Å². The van der Waals surface area contributed by atoms with Gasteiger partial charge in [-0.3, -0.25) is 4.79 Å². The van der Waals surface area contributed by atoms with Crippen LogP contribution >= 0.6 is 11.6 Å². The number of rotatable bonds is 5. The summed E-state index contributed by atoms with van der Waals surface area (Å²) in [5.74, 6) is 0.187. The first-order chi connectivity index (χ1) is 11.7. The Morgan fingerprint density at radius 2 is 2.08 bits per heavy atom. The molecule has 1 aromatic carbocycles. The normalized spacial score (nSPS) is 13.4. The van der Waals surface area contributed by atoms with Crippen molar-refractivity contribution in [3.05, 3.63) is 28.3 Å². The van der Waals surface area contributed by atoms with Gasteiger partial charge < -0.3 is 24.3 Å². The summed E-state index contributed by atoms with van der Waals surface area (Å²) in [6.45, 7) is 6.00. The fourth-order valence-corrected chi connectivity index (χ4v) is 2.44. The quantitative estimate of drug-likeness (QED) is 0.800. The van der Waals surface area contributed by atoms with Crippen LogP contribution in [0.3, 0.4) is 0 Å². The summed E-state index contributed by atoms with van der Waals surface area (Å²) in [7, 11) is 0. The van der Waals surface area contributed by atoms with Crippen LogP contribution in [0.1, 0.15) is 38.3 Å². The lowest BCUT2D eigenvalue weighted by Gasteiger charge is -2.21. The van der Waals surface area contributed by atoms with Gasteiger partial charge in [0, 0.05) is 22.7 Å². The van der Waals surface area contributed by atoms with E-state index in [4.69, 9.17) is 30.5 Å². The van der Waals surface area contributed by atoms with Gasteiger partial charge in [-0.15, -0.1) is 0 Å². The van der Waals surface area contributed by atoms with Gasteiger partial charge in [0.1, 0.15) is 18.0 Å². The number of carbonyl (C=O) groups excluding carboxylic acids is 2. The van der Waals surface area contributed by atoms with Crippen molar-refractivity contribution >= 4 is 23.7 Å². The first kappa shape index (κ1) is 19.3. The van der Waals surface area contributed by atoms with E-state index in [-0.39, 0.29) is 26.4 Å². The lowest BCUT2D eigenvalue weighted by atomic mass is 10.1. The lowest BCUT2D eigenvalue weighted by molar-refractivity contribution is -0.144. The van der Waals surface area contributed by atoms with Crippen LogP contribution in [0.25, 0.3) is 0 Å². The molecule has 0 atom stereocenters. The van der Waals surface area contributed by atoms with E-state index in [0.29, 0.717) is 22.9 Å². The molecule has 1 amide bonds. The Morgan fingerprint density at radius 3 is 2.80 bits per heavy atom. The molecule has 1 heterocycles. The second-order valence-corrected chi connectivity index (χ2v) is 6.94. The molecule has 0 radical (unpaired) electrons. The van der Waals surface area contributed by atoms with Crippen LogP contribution in [-0.4, -0.2) is 31.0 Å². The molecule has 0 unspecified atom stereocenters. The van der Waals surface area contributed by atoms with Crippen molar-refractivity contribution < 1.29 is 28.5 Å². The van der Waals surface area contributed by atoms with Crippen LogP contribution in [0.4, 0.5) is 4.79 Å². The summed E-state index contributed by atoms with van der Waals surface area (Å²) in [6.07, 6.45) is -0.538. The monoisotopic (exact) mass is 371 g/mol. The topological polar surface area (TPSA) is 83.1 Å². The van der Waals surface area contributed by atoms with Crippen molar-refractivity contribution in [1.82, 2.24) is 5.32 Å². The number of hydrogen-bond donors (Lipinski definition) is 1. The Labute approximate surface area is 151 Å². The summed E-state index contributed by atoms with van der Waals surface area (Å²) in [4.78, 5) is 23.3. The van der Waals surface area contributed by atoms with Gasteiger partial charge in [-0.1, -0.05) is 11.6 Å². The smallest absolute Gasteiger partial charge is 0.407 e. The van der Waals surface area contributed by atoms with Crippen LogP contribution in [0, 0.1) is 0 Å². The number of fused-ring (bicyclic) bond motifs is 1. The van der Waals surface area contributed by atoms with Gasteiger partial charge in [0.25, 0.3) is 0 Å². The average Bonchev–Trinajstić information content (AvgIpc) is 2.50. The molecular formula is C17H22ClNO6. The minimum Gasteiger partial charge on any atom is -0.467 e. The maximum absolute atomic E-state index is 11.8. The molecule has 2 rings (SSSR count). The molecule has 1 aromatic rings. The fraction of sp³-hybridized carbons (Fsp3) is 0.529. The molecule has 8 heteroatoms. The van der Waals surface area contributed by atoms with E-state index in [1.54, 1.807) is 32.9 Å². The van der Waals surface area contributed by atoms with E-state index < -0.39 is 17.7 Å². The lowest BCUT2D eigenvalue weighted by Crippen LogP contribution is -2.33. The van der Waals surface area contributed by atoms with Crippen molar-refractivity contribution in [2.45, 2.75) is 46.0 Å². The Bertz CT molecular complexity index is 641. The molecule has 25 heavy (non-hydrogen) atoms. The highest BCUT2D eigenvalue weighted by Crippen LogP contribution is 2.32. The highest BCUT2D eigenvalue weighted by molar-refractivity contribution is 6.30. The molecule has 1 N–H and O–H groups in total. The summed E-state index contributed by atoms with van der Waals surface area (Å²) in [5, 5.41) is 3.02. The standard InChI is InChI=1S/C17H22ClNO6/c1-17(2,3)25-16(21)19-5-4-14(20)23-9-12-7-13(18)6-11-8-22-10-24-15(11)12/h6-7H,4-5,8-10H2,1-3H3,(H,19,21). The first-order valence-electron chi connectivity index (χ1n) is 7.89. The Morgan fingerprint density at radius 1 is 1.32 bits per heavy atom. The van der Waals surface area contributed by atoms with Crippen molar-refractivity contribution in [2.75, 3.05) is 13.3 Å². The zero-order valence-electron chi connectivity index (χ0n) is 14.5. The largest absolute Gasteiger partial charge is 0.467 e. The third-order valence-electron chi connectivity index (χ3n) is 3.14. The molecule has 1 aliphatic rings. The van der Waals surface area contributed by atoms with Crippen LogP contribution in [0.5, 0.6) is 5.75 Å². The van der Waals surface area contributed by atoms with E-state index in [0.717, 1.165) is 5.56 Å². The summed E-state index contributed by atoms with van der Waals surface area (Å²) < 4.78 is 21.0. The molecular weight excluding hydrogens is 350 g/mol. The predicted octanol–water partition coefficient (Wildman–Crippen LogP) is 3.16. The molecule has 0 aromatic heterocycles. The van der Waals surface area contributed by atoms with E-state index in [1.165, 1.54) is 0 Å². The molecule has 7 nitrogen and oxygen atoms in total. The third-order valence-corrected chi connectivity index (χ3v) is 3.36. The Balaban J connectivity index is 1.79. The number of amides is 1. The summed E-state index contributed by atoms with van der Waals surface area (Å²) in [5.41, 5.74) is 0.913. The highest BCUT2D eigenvalue weighted by atomic mass is 35.5. The van der Waals surface area contributed by atoms with Gasteiger partial charge in [-0.25, -0.2) is 4.79 Å². The van der Waals surface area contributed by atoms with Gasteiger partial charge in [0.05, 0.1) is 13.0 Å². The Kier molecular flexibility index (Phi) is 6.50. The molecule has 0 saturated carbocycles. The van der Waals surface area contributed by atoms with Gasteiger partial charge in [-0.2, -0.15) is 0 Å². The summed E-state index contributed by atoms with van der Waals surface area (Å²) in [6, 6.07) is 3.45. The molecule has 1 aliphatic heterocycles. The number of esters is 1. The number of hydrogen-bond acceptors (Lipinski definition) is 6.